The van der Waals surface area contributed by atoms with Crippen molar-refractivity contribution in [3.63, 3.8) is 0 Å². The van der Waals surface area contributed by atoms with E-state index in [4.69, 9.17) is 14.2 Å². The third-order valence-electron chi connectivity index (χ3n) is 12.4. The molecule has 0 bridgehead atoms. The molecule has 9 nitrogen and oxygen atoms in total. The first-order valence-corrected chi connectivity index (χ1v) is 29.7. The molecule has 0 aliphatic carbocycles. The Morgan fingerprint density at radius 1 is 0.415 bits per heavy atom. The number of rotatable bonds is 10. The summed E-state index contributed by atoms with van der Waals surface area (Å²) in [6.45, 7) is 64.4. The summed E-state index contributed by atoms with van der Waals surface area (Å²) in [5, 5.41) is 55.0. The molecule has 82 heavy (non-hydrogen) atoms. The summed E-state index contributed by atoms with van der Waals surface area (Å²) in [4.78, 5) is 24.2. The van der Waals surface area contributed by atoms with E-state index in [1.54, 1.807) is 0 Å². The van der Waals surface area contributed by atoms with Crippen molar-refractivity contribution in [2.75, 3.05) is 39.6 Å². The van der Waals surface area contributed by atoms with Crippen molar-refractivity contribution in [3.8, 4) is 11.5 Å². The van der Waals surface area contributed by atoms with Gasteiger partial charge in [-0.1, -0.05) is 238 Å². The van der Waals surface area contributed by atoms with Gasteiger partial charge in [0, 0.05) is 60.3 Å². The number of ether oxygens (including phenoxy) is 3. The van der Waals surface area contributed by atoms with Gasteiger partial charge in [0.15, 0.2) is 11.6 Å². The number of allylic oxidation sites excluding steroid dienone is 4. The van der Waals surface area contributed by atoms with Gasteiger partial charge in [-0.3, -0.25) is 9.59 Å². The molecule has 456 valence electrons. The Kier molecular flexibility index (Phi) is 39.8. The van der Waals surface area contributed by atoms with E-state index in [0.29, 0.717) is 9.79 Å². The average Bonchev–Trinajstić information content (AvgIpc) is 3.29. The number of fused-ring (bicyclic) bond motifs is 2. The van der Waals surface area contributed by atoms with Crippen LogP contribution >= 0.6 is 11.8 Å². The van der Waals surface area contributed by atoms with Gasteiger partial charge in [0.1, 0.15) is 0 Å². The van der Waals surface area contributed by atoms with E-state index in [-0.39, 0.29) is 149 Å². The van der Waals surface area contributed by atoms with Crippen molar-refractivity contribution in [1.29, 1.82) is 0 Å². The Balaban J connectivity index is -0.000000577. The van der Waals surface area contributed by atoms with Crippen molar-refractivity contribution >= 4 is 44.9 Å². The second-order valence-electron chi connectivity index (χ2n) is 28.2. The fourth-order valence-corrected chi connectivity index (χ4v) is 7.98. The number of benzene rings is 4. The Hall–Kier alpha value is -1.35. The van der Waals surface area contributed by atoms with E-state index >= 15 is 0 Å². The van der Waals surface area contributed by atoms with E-state index in [0.717, 1.165) is 72.3 Å². The zero-order valence-corrected chi connectivity index (χ0v) is 65.3. The molecule has 0 atom stereocenters. The number of carbonyl (C=O) groups is 2. The maximum absolute atomic E-state index is 14.1. The fourth-order valence-electron chi connectivity index (χ4n) is 6.78. The molecule has 0 saturated carbocycles. The first-order valence-electron chi connectivity index (χ1n) is 28.9. The van der Waals surface area contributed by atoms with Gasteiger partial charge in [0.25, 0.3) is 0 Å². The summed E-state index contributed by atoms with van der Waals surface area (Å²) in [5.41, 5.74) is 1.51. The second-order valence-corrected chi connectivity index (χ2v) is 29.2. The van der Waals surface area contributed by atoms with Gasteiger partial charge >= 0.3 is 92.7 Å². The molecule has 0 unspecified atom stereocenters. The molecular weight excluding hydrogens is 1200 g/mol. The van der Waals surface area contributed by atoms with Crippen molar-refractivity contribution in [2.24, 2.45) is 21.7 Å². The largest absolute Gasteiger partial charge is 3.00 e. The zero-order chi connectivity index (χ0) is 63.4. The molecule has 0 amide bonds. The van der Waals surface area contributed by atoms with Gasteiger partial charge in [-0.2, -0.15) is 0 Å². The smallest absolute Gasteiger partial charge is 0.875 e. The first-order chi connectivity index (χ1) is 36.0. The summed E-state index contributed by atoms with van der Waals surface area (Å²) in [6, 6.07) is 17.0. The van der Waals surface area contributed by atoms with Crippen molar-refractivity contribution in [2.45, 2.75) is 239 Å². The van der Waals surface area contributed by atoms with Crippen LogP contribution in [-0.2, 0) is 45.5 Å². The van der Waals surface area contributed by atoms with Crippen LogP contribution in [0.5, 0.6) is 11.5 Å². The quantitative estimate of drug-likeness (QED) is 0.0851. The van der Waals surface area contributed by atoms with Gasteiger partial charge in [0.05, 0.1) is 0 Å². The maximum atomic E-state index is 14.1. The van der Waals surface area contributed by atoms with E-state index in [1.165, 1.54) is 35.0 Å². The van der Waals surface area contributed by atoms with Gasteiger partial charge in [-0.05, 0) is 130 Å². The predicted octanol–water partition coefficient (Wildman–Crippen LogP) is 13.4. The molecule has 0 fully saturated rings. The van der Waals surface area contributed by atoms with Crippen LogP contribution in [0.25, 0.3) is 21.5 Å². The summed E-state index contributed by atoms with van der Waals surface area (Å²) in [6.07, 6.45) is 2.44. The van der Waals surface area contributed by atoms with Crippen molar-refractivity contribution in [3.05, 3.63) is 94.5 Å². The van der Waals surface area contributed by atoms with Gasteiger partial charge in [-0.15, -0.1) is 11.5 Å². The predicted molar refractivity (Wildman–Crippen MR) is 336 cm³/mol. The number of ketones is 2. The van der Waals surface area contributed by atoms with Crippen LogP contribution in [0.4, 0.5) is 0 Å². The van der Waals surface area contributed by atoms with E-state index in [1.807, 2.05) is 125 Å². The molecule has 0 N–H and O–H groups in total. The summed E-state index contributed by atoms with van der Waals surface area (Å²) in [7, 11) is 0. The van der Waals surface area contributed by atoms with Crippen LogP contribution in [0.1, 0.15) is 230 Å². The normalized spacial score (nSPS) is 12.5. The monoisotopic (exact) mass is 1310 g/mol. The van der Waals surface area contributed by atoms with Gasteiger partial charge in [0.2, 0.25) is 0 Å². The molecule has 0 aliphatic rings. The molecule has 0 aliphatic heterocycles. The van der Waals surface area contributed by atoms with Crippen LogP contribution in [-0.4, -0.2) is 51.2 Å². The van der Waals surface area contributed by atoms with Crippen molar-refractivity contribution < 1.29 is 137 Å². The van der Waals surface area contributed by atoms with E-state index < -0.39 is 21.7 Å². The standard InChI is InChI=1S/C36H46O2S.2C11H20O2.3C4H10O.K.Pr/c1-33(2,3)23-13-15-25-21(17-23)19-27(35(7,8)9)29(37)31(25)39-32-26-16-14-24(34(4,5)6)18-22(26)20-28(30(32)38)36(10,11)12;2*1-10(2,3)8(12)7-9(13)11(4,5)6;3*1-3-5-4-2;;/h13-20,37-38H,1-12H3;2*7,12H,1-6H3;3*3-4H2,1-2H3;;/q;;;;;;+1;+3/p-4/b;2*8-7-;;;;;. The SMILES string of the molecule is CC(C)(C)C(=O)/C=C(\[O-])C(C)(C)C.CC(C)(C)C(=O)/C=C(\[O-])C(C)(C)C.CC(C)(C)c1ccc2c(Sc3c([O-])c(C(C)(C)C)cc4cc(C(C)(C)C)ccc34)c([O-])c(C(C)(C)C)cc2c1.CCOCC.CCOCC.CCOCC.[K+].[Pr+3]. The van der Waals surface area contributed by atoms with Crippen LogP contribution in [0.2, 0.25) is 0 Å². The topological polar surface area (TPSA) is 154 Å². The van der Waals surface area contributed by atoms with Crippen LogP contribution in [0.3, 0.4) is 0 Å². The molecule has 0 heterocycles. The minimum Gasteiger partial charge on any atom is -0.875 e. The Morgan fingerprint density at radius 3 is 0.829 bits per heavy atom. The molecule has 12 heteroatoms. The summed E-state index contributed by atoms with van der Waals surface area (Å²) >= 11 is 1.36. The minimum absolute atomic E-state index is 0. The number of hydrogen-bond acceptors (Lipinski definition) is 10. The van der Waals surface area contributed by atoms with Gasteiger partial charge < -0.3 is 34.6 Å². The van der Waals surface area contributed by atoms with Gasteiger partial charge in [-0.25, -0.2) is 0 Å². The zero-order valence-electron chi connectivity index (χ0n) is 57.7. The molecule has 0 aromatic heterocycles. The van der Waals surface area contributed by atoms with E-state index in [9.17, 15) is 30.0 Å². The maximum Gasteiger partial charge on any atom is 3.00 e. The van der Waals surface area contributed by atoms with Crippen LogP contribution in [0.15, 0.2) is 82.0 Å². The molecule has 4 aromatic rings. The minimum atomic E-state index is -0.457. The first kappa shape index (κ1) is 87.1. The van der Waals surface area contributed by atoms with E-state index in [2.05, 4.69) is 132 Å². The fraction of sp³-hybridized carbons (Fsp3) is 0.629. The van der Waals surface area contributed by atoms with Crippen LogP contribution < -0.4 is 71.8 Å². The van der Waals surface area contributed by atoms with Crippen molar-refractivity contribution in [1.82, 2.24) is 0 Å². The summed E-state index contributed by atoms with van der Waals surface area (Å²) in [5.74, 6) is -0.383. The molecule has 0 radical (unpaired) electrons. The second kappa shape index (κ2) is 37.5. The third kappa shape index (κ3) is 31.5. The molecular formula is C70H112KO9PrS. The molecule has 4 rings (SSSR count). The Bertz CT molecular complexity index is 2420. The third-order valence-corrected chi connectivity index (χ3v) is 13.6. The Labute approximate surface area is 581 Å². The molecule has 4 aromatic carbocycles. The number of carbonyl (C=O) groups excluding carboxylic acids is 2. The van der Waals surface area contributed by atoms with Crippen LogP contribution in [0, 0.1) is 63.0 Å². The summed E-state index contributed by atoms with van der Waals surface area (Å²) < 4.78 is 14.5. The molecule has 0 spiro atoms. The Morgan fingerprint density at radius 2 is 0.659 bits per heavy atom. The molecule has 0 saturated heterocycles. The average molecular weight is 1310 g/mol. The number of hydrogen-bond donors (Lipinski definition) is 0.